The Kier molecular flexibility index (Phi) is 4.70. The van der Waals surface area contributed by atoms with E-state index in [9.17, 15) is 9.59 Å². The van der Waals surface area contributed by atoms with Gasteiger partial charge in [-0.1, -0.05) is 6.07 Å². The minimum Gasteiger partial charge on any atom is -0.459 e. The van der Waals surface area contributed by atoms with Crippen molar-refractivity contribution in [2.75, 3.05) is 0 Å². The molecular weight excluding hydrogens is 370 g/mol. The SMILES string of the molecule is Cc1cc2c(o1)c1cnn(CC(=O)NC(C)c3ccccn3)c(=O)c1n2C(C)C. The van der Waals surface area contributed by atoms with Gasteiger partial charge < -0.3 is 14.3 Å². The maximum Gasteiger partial charge on any atom is 0.291 e. The summed E-state index contributed by atoms with van der Waals surface area (Å²) in [6.07, 6.45) is 3.27. The van der Waals surface area contributed by atoms with Crippen LogP contribution in [0.5, 0.6) is 0 Å². The summed E-state index contributed by atoms with van der Waals surface area (Å²) in [7, 11) is 0. The lowest BCUT2D eigenvalue weighted by molar-refractivity contribution is -0.122. The predicted molar refractivity (Wildman–Crippen MR) is 110 cm³/mol. The molecule has 4 aromatic heterocycles. The smallest absolute Gasteiger partial charge is 0.291 e. The van der Waals surface area contributed by atoms with Crippen molar-refractivity contribution >= 4 is 27.9 Å². The van der Waals surface area contributed by atoms with Crippen LogP contribution in [-0.2, 0) is 11.3 Å². The van der Waals surface area contributed by atoms with Gasteiger partial charge in [0.2, 0.25) is 5.91 Å². The highest BCUT2D eigenvalue weighted by Crippen LogP contribution is 2.31. The summed E-state index contributed by atoms with van der Waals surface area (Å²) in [5, 5.41) is 7.73. The van der Waals surface area contributed by atoms with Crippen LogP contribution in [0.4, 0.5) is 0 Å². The fraction of sp³-hybridized carbons (Fsp3) is 0.333. The van der Waals surface area contributed by atoms with Gasteiger partial charge in [0.15, 0.2) is 5.58 Å². The van der Waals surface area contributed by atoms with E-state index in [0.717, 1.165) is 17.0 Å². The molecule has 4 aromatic rings. The largest absolute Gasteiger partial charge is 0.459 e. The number of fused-ring (bicyclic) bond motifs is 3. The molecule has 4 heterocycles. The van der Waals surface area contributed by atoms with Gasteiger partial charge in [-0.25, -0.2) is 4.68 Å². The number of aryl methyl sites for hydroxylation is 1. The van der Waals surface area contributed by atoms with Crippen LogP contribution in [0.2, 0.25) is 0 Å². The molecule has 0 aliphatic carbocycles. The van der Waals surface area contributed by atoms with Crippen LogP contribution in [-0.4, -0.2) is 25.2 Å². The lowest BCUT2D eigenvalue weighted by atomic mass is 10.2. The number of furan rings is 1. The summed E-state index contributed by atoms with van der Waals surface area (Å²) < 4.78 is 8.92. The van der Waals surface area contributed by atoms with E-state index in [-0.39, 0.29) is 30.1 Å². The summed E-state index contributed by atoms with van der Waals surface area (Å²) in [6.45, 7) is 7.56. The second kappa shape index (κ2) is 7.20. The standard InChI is InChI=1S/C21H23N5O3/c1-12(2)26-17-9-13(3)29-20(17)15-10-23-25(21(28)19(15)26)11-18(27)24-14(4)16-7-5-6-8-22-16/h5-10,12,14H,11H2,1-4H3,(H,24,27). The van der Waals surface area contributed by atoms with Gasteiger partial charge in [0.1, 0.15) is 17.8 Å². The highest BCUT2D eigenvalue weighted by Gasteiger charge is 2.21. The first-order valence-electron chi connectivity index (χ1n) is 9.57. The second-order valence-electron chi connectivity index (χ2n) is 7.45. The first-order chi connectivity index (χ1) is 13.9. The Morgan fingerprint density at radius 1 is 1.28 bits per heavy atom. The van der Waals surface area contributed by atoms with Crippen molar-refractivity contribution in [3.63, 3.8) is 0 Å². The van der Waals surface area contributed by atoms with E-state index < -0.39 is 0 Å². The van der Waals surface area contributed by atoms with Crippen LogP contribution >= 0.6 is 0 Å². The molecule has 0 aromatic carbocycles. The molecule has 8 nitrogen and oxygen atoms in total. The number of aromatic nitrogens is 4. The Labute approximate surface area is 167 Å². The molecule has 1 amide bonds. The van der Waals surface area contributed by atoms with E-state index in [1.807, 2.05) is 56.5 Å². The van der Waals surface area contributed by atoms with Crippen molar-refractivity contribution < 1.29 is 9.21 Å². The molecule has 8 heteroatoms. The molecule has 0 aliphatic heterocycles. The van der Waals surface area contributed by atoms with Gasteiger partial charge in [0, 0.05) is 18.3 Å². The number of nitrogens with one attached hydrogen (secondary N) is 1. The zero-order valence-electron chi connectivity index (χ0n) is 16.8. The van der Waals surface area contributed by atoms with Crippen molar-refractivity contribution in [1.29, 1.82) is 0 Å². The molecule has 0 aliphatic rings. The Morgan fingerprint density at radius 3 is 2.76 bits per heavy atom. The summed E-state index contributed by atoms with van der Waals surface area (Å²) in [5.41, 5.74) is 2.43. The van der Waals surface area contributed by atoms with Crippen LogP contribution in [0.15, 0.2) is 45.9 Å². The number of carbonyl (C=O) groups excluding carboxylic acids is 1. The van der Waals surface area contributed by atoms with Gasteiger partial charge in [-0.3, -0.25) is 14.6 Å². The first-order valence-corrected chi connectivity index (χ1v) is 9.57. The maximum absolute atomic E-state index is 13.1. The molecule has 0 bridgehead atoms. The number of pyridine rings is 1. The van der Waals surface area contributed by atoms with Crippen molar-refractivity contribution in [3.8, 4) is 0 Å². The van der Waals surface area contributed by atoms with E-state index in [1.165, 1.54) is 4.68 Å². The summed E-state index contributed by atoms with van der Waals surface area (Å²) in [6, 6.07) is 7.22. The van der Waals surface area contributed by atoms with Crippen LogP contribution in [0, 0.1) is 6.92 Å². The third-order valence-electron chi connectivity index (χ3n) is 4.92. The molecule has 0 saturated heterocycles. The topological polar surface area (TPSA) is 95.0 Å². The first kappa shape index (κ1) is 18.9. The fourth-order valence-corrected chi connectivity index (χ4v) is 3.65. The van der Waals surface area contributed by atoms with E-state index in [1.54, 1.807) is 12.4 Å². The Balaban J connectivity index is 1.68. The summed E-state index contributed by atoms with van der Waals surface area (Å²) >= 11 is 0. The van der Waals surface area contributed by atoms with Crippen molar-refractivity contribution in [1.82, 2.24) is 24.6 Å². The minimum absolute atomic E-state index is 0.0496. The van der Waals surface area contributed by atoms with Crippen molar-refractivity contribution in [2.24, 2.45) is 0 Å². The number of hydrogen-bond acceptors (Lipinski definition) is 5. The molecule has 0 fully saturated rings. The van der Waals surface area contributed by atoms with Crippen LogP contribution < -0.4 is 10.9 Å². The molecular formula is C21H23N5O3. The Hall–Kier alpha value is -3.42. The Bertz CT molecular complexity index is 1250. The highest BCUT2D eigenvalue weighted by molar-refractivity contribution is 6.04. The fourth-order valence-electron chi connectivity index (χ4n) is 3.65. The van der Waals surface area contributed by atoms with Gasteiger partial charge in [-0.05, 0) is 39.8 Å². The monoisotopic (exact) mass is 393 g/mol. The quantitative estimate of drug-likeness (QED) is 0.562. The van der Waals surface area contributed by atoms with Crippen LogP contribution in [0.25, 0.3) is 22.0 Å². The molecule has 0 spiro atoms. The van der Waals surface area contributed by atoms with Gasteiger partial charge >= 0.3 is 0 Å². The van der Waals surface area contributed by atoms with Gasteiger partial charge in [0.05, 0.1) is 28.8 Å². The number of rotatable bonds is 5. The van der Waals surface area contributed by atoms with Crippen molar-refractivity contribution in [3.05, 3.63) is 58.5 Å². The van der Waals surface area contributed by atoms with Gasteiger partial charge in [-0.2, -0.15) is 5.10 Å². The van der Waals surface area contributed by atoms with E-state index in [0.29, 0.717) is 16.5 Å². The average Bonchev–Trinajstić information content (AvgIpc) is 3.19. The van der Waals surface area contributed by atoms with E-state index in [2.05, 4.69) is 15.4 Å². The highest BCUT2D eigenvalue weighted by atomic mass is 16.3. The number of amides is 1. The van der Waals surface area contributed by atoms with Crippen LogP contribution in [0.1, 0.15) is 44.3 Å². The lowest BCUT2D eigenvalue weighted by Crippen LogP contribution is -2.35. The summed E-state index contributed by atoms with van der Waals surface area (Å²) in [4.78, 5) is 29.9. The molecule has 150 valence electrons. The van der Waals surface area contributed by atoms with E-state index in [4.69, 9.17) is 4.42 Å². The number of carbonyl (C=O) groups is 1. The second-order valence-corrected chi connectivity index (χ2v) is 7.45. The van der Waals surface area contributed by atoms with Gasteiger partial charge in [-0.15, -0.1) is 0 Å². The summed E-state index contributed by atoms with van der Waals surface area (Å²) in [5.74, 6) is 0.470. The zero-order chi connectivity index (χ0) is 20.7. The Morgan fingerprint density at radius 2 is 2.07 bits per heavy atom. The maximum atomic E-state index is 13.1. The lowest BCUT2D eigenvalue weighted by Gasteiger charge is -2.14. The van der Waals surface area contributed by atoms with Crippen LogP contribution in [0.3, 0.4) is 0 Å². The minimum atomic E-state index is -0.319. The average molecular weight is 393 g/mol. The molecule has 1 unspecified atom stereocenters. The van der Waals surface area contributed by atoms with Crippen molar-refractivity contribution in [2.45, 2.75) is 46.3 Å². The number of hydrogen-bond donors (Lipinski definition) is 1. The molecule has 4 rings (SSSR count). The van der Waals surface area contributed by atoms with E-state index >= 15 is 0 Å². The molecule has 0 saturated carbocycles. The predicted octanol–water partition coefficient (Wildman–Crippen LogP) is 3.11. The van der Waals surface area contributed by atoms with Gasteiger partial charge in [0.25, 0.3) is 5.56 Å². The molecule has 1 N–H and O–H groups in total. The number of nitrogens with zero attached hydrogens (tertiary/aromatic N) is 4. The molecule has 1 atom stereocenters. The normalized spacial score (nSPS) is 12.7. The third kappa shape index (κ3) is 3.30. The molecule has 0 radical (unpaired) electrons. The third-order valence-corrected chi connectivity index (χ3v) is 4.92. The molecule has 29 heavy (non-hydrogen) atoms. The zero-order valence-corrected chi connectivity index (χ0v) is 16.8.